The van der Waals surface area contributed by atoms with Crippen molar-refractivity contribution in [1.29, 1.82) is 0 Å². The number of likely N-dealkylation sites (tertiary alicyclic amines) is 1. The summed E-state index contributed by atoms with van der Waals surface area (Å²) >= 11 is 1.28. The van der Waals surface area contributed by atoms with E-state index >= 15 is 0 Å². The van der Waals surface area contributed by atoms with Gasteiger partial charge in [0.05, 0.1) is 11.4 Å². The number of fused-ring (bicyclic) bond motifs is 3. The number of benzene rings is 1. The molecule has 1 saturated heterocycles. The second-order valence-electron chi connectivity index (χ2n) is 7.40. The minimum atomic E-state index is -3.39. The third kappa shape index (κ3) is 4.58. The molecule has 0 spiro atoms. The standard InChI is InChI=1S/C19H24N4O4S2/c24-17-5-2-1-3-9-22(17)10-4-8-20-18(25)14-6-7-15-16(13-14)28-19-21-29(26,27)12-11-23(15)19/h6-7,13H,1-5,8-12H2,(H,20,25). The van der Waals surface area contributed by atoms with Crippen LogP contribution in [0.5, 0.6) is 0 Å². The first-order valence-electron chi connectivity index (χ1n) is 9.91. The third-order valence-electron chi connectivity index (χ3n) is 5.30. The van der Waals surface area contributed by atoms with E-state index in [1.807, 2.05) is 15.9 Å². The molecule has 0 unspecified atom stereocenters. The maximum atomic E-state index is 12.5. The van der Waals surface area contributed by atoms with Crippen molar-refractivity contribution in [2.24, 2.45) is 4.40 Å². The van der Waals surface area contributed by atoms with E-state index in [4.69, 9.17) is 0 Å². The number of nitrogens with zero attached hydrogens (tertiary/aromatic N) is 3. The number of hydrogen-bond donors (Lipinski definition) is 1. The van der Waals surface area contributed by atoms with Gasteiger partial charge in [0.15, 0.2) is 5.17 Å². The van der Waals surface area contributed by atoms with Gasteiger partial charge in [-0.3, -0.25) is 9.59 Å². The van der Waals surface area contributed by atoms with E-state index in [-0.39, 0.29) is 17.6 Å². The molecule has 1 aromatic rings. The summed E-state index contributed by atoms with van der Waals surface area (Å²) in [4.78, 5) is 29.1. The summed E-state index contributed by atoms with van der Waals surface area (Å²) in [6.45, 7) is 2.36. The Balaban J connectivity index is 1.32. The Bertz CT molecular complexity index is 961. The van der Waals surface area contributed by atoms with E-state index in [1.165, 1.54) is 11.8 Å². The molecule has 3 aliphatic heterocycles. The van der Waals surface area contributed by atoms with Gasteiger partial charge in [-0.2, -0.15) is 0 Å². The number of anilines is 1. The highest BCUT2D eigenvalue weighted by Gasteiger charge is 2.33. The van der Waals surface area contributed by atoms with Gasteiger partial charge in [0.25, 0.3) is 15.9 Å². The topological polar surface area (TPSA) is 99.1 Å². The number of hydrogen-bond acceptors (Lipinski definition) is 6. The smallest absolute Gasteiger partial charge is 0.257 e. The second-order valence-corrected chi connectivity index (χ2v) is 10.2. The molecule has 1 N–H and O–H groups in total. The number of amidine groups is 1. The highest BCUT2D eigenvalue weighted by atomic mass is 32.2. The van der Waals surface area contributed by atoms with Gasteiger partial charge in [0.2, 0.25) is 5.91 Å². The van der Waals surface area contributed by atoms with Crippen LogP contribution < -0.4 is 10.2 Å². The monoisotopic (exact) mass is 436 g/mol. The van der Waals surface area contributed by atoms with Crippen LogP contribution in [0.2, 0.25) is 0 Å². The van der Waals surface area contributed by atoms with Crippen LogP contribution in [-0.4, -0.2) is 62.2 Å². The second kappa shape index (κ2) is 8.35. The maximum absolute atomic E-state index is 12.5. The largest absolute Gasteiger partial charge is 0.352 e. The lowest BCUT2D eigenvalue weighted by Gasteiger charge is -2.22. The molecule has 29 heavy (non-hydrogen) atoms. The van der Waals surface area contributed by atoms with E-state index in [9.17, 15) is 18.0 Å². The summed E-state index contributed by atoms with van der Waals surface area (Å²) in [5, 5.41) is 3.36. The molecule has 2 amide bonds. The molecule has 10 heteroatoms. The van der Waals surface area contributed by atoms with Crippen molar-refractivity contribution in [3.63, 3.8) is 0 Å². The SMILES string of the molecule is O=C(NCCCN1CCCCCC1=O)c1ccc2c(c1)SC1=NS(=O)(=O)CCN12. The van der Waals surface area contributed by atoms with Crippen molar-refractivity contribution in [3.05, 3.63) is 23.8 Å². The predicted octanol–water partition coefficient (Wildman–Crippen LogP) is 1.82. The molecule has 4 rings (SSSR count). The molecule has 0 saturated carbocycles. The van der Waals surface area contributed by atoms with Crippen LogP contribution in [0.25, 0.3) is 0 Å². The number of sulfonamides is 1. The van der Waals surface area contributed by atoms with E-state index in [0.29, 0.717) is 36.8 Å². The number of carbonyl (C=O) groups excluding carboxylic acids is 2. The molecule has 0 aromatic heterocycles. The van der Waals surface area contributed by atoms with Gasteiger partial charge >= 0.3 is 0 Å². The number of thioether (sulfide) groups is 1. The molecule has 1 fully saturated rings. The van der Waals surface area contributed by atoms with Crippen LogP contribution in [0.4, 0.5) is 5.69 Å². The molecule has 0 aliphatic carbocycles. The molecule has 0 atom stereocenters. The summed E-state index contributed by atoms with van der Waals surface area (Å²) in [7, 11) is -3.39. The quantitative estimate of drug-likeness (QED) is 0.707. The Morgan fingerprint density at radius 3 is 2.93 bits per heavy atom. The van der Waals surface area contributed by atoms with Gasteiger partial charge in [-0.15, -0.1) is 4.40 Å². The number of rotatable bonds is 5. The third-order valence-corrected chi connectivity index (χ3v) is 7.60. The summed E-state index contributed by atoms with van der Waals surface area (Å²) in [6, 6.07) is 5.37. The van der Waals surface area contributed by atoms with E-state index in [1.54, 1.807) is 12.1 Å². The highest BCUT2D eigenvalue weighted by molar-refractivity contribution is 8.15. The van der Waals surface area contributed by atoms with E-state index < -0.39 is 10.0 Å². The number of carbonyl (C=O) groups is 2. The molecule has 156 valence electrons. The summed E-state index contributed by atoms with van der Waals surface area (Å²) in [5.74, 6) is 0.0408. The van der Waals surface area contributed by atoms with Crippen LogP contribution in [0.15, 0.2) is 27.5 Å². The number of nitrogens with one attached hydrogen (secondary N) is 1. The van der Waals surface area contributed by atoms with Gasteiger partial charge in [-0.1, -0.05) is 6.42 Å². The van der Waals surface area contributed by atoms with Crippen molar-refractivity contribution in [2.45, 2.75) is 37.0 Å². The zero-order chi connectivity index (χ0) is 20.4. The van der Waals surface area contributed by atoms with Crippen LogP contribution in [0.3, 0.4) is 0 Å². The molecule has 3 aliphatic rings. The van der Waals surface area contributed by atoms with E-state index in [2.05, 4.69) is 9.71 Å². The molecular formula is C19H24N4O4S2. The van der Waals surface area contributed by atoms with Crippen molar-refractivity contribution in [2.75, 3.05) is 36.8 Å². The molecular weight excluding hydrogens is 412 g/mol. The van der Waals surface area contributed by atoms with Gasteiger partial charge in [0, 0.05) is 43.1 Å². The summed E-state index contributed by atoms with van der Waals surface area (Å²) in [5.41, 5.74) is 1.42. The minimum absolute atomic E-state index is 0.00173. The average Bonchev–Trinajstić information content (AvgIpc) is 2.90. The van der Waals surface area contributed by atoms with Crippen LogP contribution in [-0.2, 0) is 14.8 Å². The lowest BCUT2D eigenvalue weighted by Crippen LogP contribution is -2.35. The van der Waals surface area contributed by atoms with Crippen molar-refractivity contribution < 1.29 is 18.0 Å². The highest BCUT2D eigenvalue weighted by Crippen LogP contribution is 2.42. The fourth-order valence-electron chi connectivity index (χ4n) is 3.72. The molecule has 3 heterocycles. The van der Waals surface area contributed by atoms with E-state index in [0.717, 1.165) is 42.8 Å². The fraction of sp³-hybridized carbons (Fsp3) is 0.526. The predicted molar refractivity (Wildman–Crippen MR) is 113 cm³/mol. The Morgan fingerprint density at radius 2 is 2.07 bits per heavy atom. The van der Waals surface area contributed by atoms with Crippen molar-refractivity contribution in [3.8, 4) is 0 Å². The van der Waals surface area contributed by atoms with Gasteiger partial charge in [0.1, 0.15) is 0 Å². The Morgan fingerprint density at radius 1 is 1.21 bits per heavy atom. The average molecular weight is 437 g/mol. The van der Waals surface area contributed by atoms with Crippen molar-refractivity contribution in [1.82, 2.24) is 10.2 Å². The van der Waals surface area contributed by atoms with Crippen LogP contribution in [0, 0.1) is 0 Å². The van der Waals surface area contributed by atoms with Crippen LogP contribution in [0.1, 0.15) is 42.5 Å². The lowest BCUT2D eigenvalue weighted by molar-refractivity contribution is -0.130. The lowest BCUT2D eigenvalue weighted by atomic mass is 10.2. The Labute approximate surface area is 174 Å². The first kappa shape index (κ1) is 20.2. The molecule has 8 nitrogen and oxygen atoms in total. The van der Waals surface area contributed by atoms with Gasteiger partial charge in [-0.05, 0) is 49.2 Å². The summed E-state index contributed by atoms with van der Waals surface area (Å²) < 4.78 is 27.2. The van der Waals surface area contributed by atoms with Crippen molar-refractivity contribution >= 4 is 44.5 Å². The zero-order valence-electron chi connectivity index (χ0n) is 16.1. The summed E-state index contributed by atoms with van der Waals surface area (Å²) in [6.07, 6.45) is 4.47. The van der Waals surface area contributed by atoms with Gasteiger partial charge in [-0.25, -0.2) is 8.42 Å². The van der Waals surface area contributed by atoms with Gasteiger partial charge < -0.3 is 15.1 Å². The molecule has 1 aromatic carbocycles. The minimum Gasteiger partial charge on any atom is -0.352 e. The molecule has 0 bridgehead atoms. The Hall–Kier alpha value is -2.07. The molecule has 0 radical (unpaired) electrons. The maximum Gasteiger partial charge on any atom is 0.257 e. The Kier molecular flexibility index (Phi) is 5.82. The first-order chi connectivity index (χ1) is 13.9. The zero-order valence-corrected chi connectivity index (χ0v) is 17.7. The number of amides is 2. The van der Waals surface area contributed by atoms with Crippen LogP contribution >= 0.6 is 11.8 Å². The normalized spacial score (nSPS) is 20.6. The first-order valence-corrected chi connectivity index (χ1v) is 12.3. The fourth-order valence-corrected chi connectivity index (χ4v) is 6.02.